The molecule has 0 aromatic carbocycles. The largest absolute Gasteiger partial charge is 0.394 e. The van der Waals surface area contributed by atoms with E-state index in [1.54, 1.807) is 13.8 Å². The van der Waals surface area contributed by atoms with E-state index in [2.05, 4.69) is 4.52 Å². The zero-order valence-electron chi connectivity index (χ0n) is 11.2. The van der Waals surface area contributed by atoms with Crippen molar-refractivity contribution in [1.82, 2.24) is 0 Å². The summed E-state index contributed by atoms with van der Waals surface area (Å²) in [4.78, 5) is 8.94. The summed E-state index contributed by atoms with van der Waals surface area (Å²) in [6, 6.07) is 0. The Bertz CT molecular complexity index is 405. The predicted octanol–water partition coefficient (Wildman–Crippen LogP) is 1.30. The zero-order chi connectivity index (χ0) is 15.1. The minimum Gasteiger partial charge on any atom is -0.353 e. The maximum Gasteiger partial charge on any atom is 0.394 e. The van der Waals surface area contributed by atoms with Crippen molar-refractivity contribution >= 4 is 7.60 Å². The first-order chi connectivity index (χ1) is 9.16. The molecule has 1 unspecified atom stereocenters. The van der Waals surface area contributed by atoms with Crippen LogP contribution in [0.4, 0.5) is 8.78 Å². The SMILES string of the molecule is CO[C@@H]1O[C@H](COP(=O)(O)C(F)F)[C@H]2OC(C)(C)O[C@@H]12. The van der Waals surface area contributed by atoms with Crippen molar-refractivity contribution in [3.8, 4) is 0 Å². The van der Waals surface area contributed by atoms with E-state index < -0.39 is 50.8 Å². The lowest BCUT2D eigenvalue weighted by Gasteiger charge is -2.23. The Morgan fingerprint density at radius 1 is 1.35 bits per heavy atom. The van der Waals surface area contributed by atoms with E-state index in [0.29, 0.717) is 0 Å². The van der Waals surface area contributed by atoms with Gasteiger partial charge < -0.3 is 28.4 Å². The van der Waals surface area contributed by atoms with Crippen LogP contribution >= 0.6 is 7.60 Å². The fourth-order valence-electron chi connectivity index (χ4n) is 2.20. The Labute approximate surface area is 114 Å². The molecule has 20 heavy (non-hydrogen) atoms. The lowest BCUT2D eigenvalue weighted by molar-refractivity contribution is -0.229. The van der Waals surface area contributed by atoms with Crippen molar-refractivity contribution in [2.75, 3.05) is 13.7 Å². The fourth-order valence-corrected chi connectivity index (χ4v) is 2.68. The van der Waals surface area contributed by atoms with Crippen molar-refractivity contribution in [1.29, 1.82) is 0 Å². The van der Waals surface area contributed by atoms with Gasteiger partial charge in [0.2, 0.25) is 0 Å². The van der Waals surface area contributed by atoms with E-state index in [1.807, 2.05) is 0 Å². The summed E-state index contributed by atoms with van der Waals surface area (Å²) in [5, 5.41) is 0. The molecule has 5 atom stereocenters. The Morgan fingerprint density at radius 2 is 1.95 bits per heavy atom. The number of fused-ring (bicyclic) bond motifs is 1. The maximum atomic E-state index is 12.3. The molecule has 2 heterocycles. The van der Waals surface area contributed by atoms with Gasteiger partial charge in [-0.25, -0.2) is 0 Å². The maximum absolute atomic E-state index is 12.3. The minimum absolute atomic E-state index is 0.515. The first kappa shape index (κ1) is 16.2. The van der Waals surface area contributed by atoms with Crippen LogP contribution in [-0.2, 0) is 28.0 Å². The predicted molar refractivity (Wildman–Crippen MR) is 61.3 cm³/mol. The van der Waals surface area contributed by atoms with Gasteiger partial charge >= 0.3 is 13.8 Å². The third-order valence-electron chi connectivity index (χ3n) is 3.01. The van der Waals surface area contributed by atoms with Crippen LogP contribution in [0.3, 0.4) is 0 Å². The Balaban J connectivity index is 2.01. The Kier molecular flexibility index (Phi) is 4.52. The number of halogens is 2. The average Bonchev–Trinajstić information content (AvgIpc) is 2.79. The first-order valence-corrected chi connectivity index (χ1v) is 7.60. The van der Waals surface area contributed by atoms with Gasteiger partial charge in [-0.2, -0.15) is 8.78 Å². The molecule has 118 valence electrons. The van der Waals surface area contributed by atoms with Gasteiger partial charge in [0.25, 0.3) is 0 Å². The number of hydrogen-bond acceptors (Lipinski definition) is 6. The van der Waals surface area contributed by atoms with Crippen LogP contribution in [0.2, 0.25) is 0 Å². The highest BCUT2D eigenvalue weighted by Crippen LogP contribution is 2.50. The highest BCUT2D eigenvalue weighted by molar-refractivity contribution is 7.53. The fraction of sp³-hybridized carbons (Fsp3) is 1.00. The van der Waals surface area contributed by atoms with E-state index in [1.165, 1.54) is 7.11 Å². The van der Waals surface area contributed by atoms with Gasteiger partial charge in [0, 0.05) is 7.11 Å². The van der Waals surface area contributed by atoms with Crippen molar-refractivity contribution in [3.05, 3.63) is 0 Å². The number of methoxy groups -OCH3 is 1. The molecule has 0 aliphatic carbocycles. The van der Waals surface area contributed by atoms with Gasteiger partial charge in [0.1, 0.15) is 18.3 Å². The third-order valence-corrected chi connectivity index (χ3v) is 4.02. The quantitative estimate of drug-likeness (QED) is 0.765. The van der Waals surface area contributed by atoms with Crippen LogP contribution in [0.25, 0.3) is 0 Å². The molecule has 2 rings (SSSR count). The Morgan fingerprint density at radius 3 is 2.50 bits per heavy atom. The molecule has 2 saturated heterocycles. The normalized spacial score (nSPS) is 39.0. The number of ether oxygens (including phenoxy) is 4. The van der Waals surface area contributed by atoms with E-state index in [9.17, 15) is 13.3 Å². The van der Waals surface area contributed by atoms with Crippen LogP contribution in [0.5, 0.6) is 0 Å². The summed E-state index contributed by atoms with van der Waals surface area (Å²) in [5.74, 6) is -0.875. The summed E-state index contributed by atoms with van der Waals surface area (Å²) in [6.07, 6.45) is -6.21. The van der Waals surface area contributed by atoms with Gasteiger partial charge in [0.05, 0.1) is 6.61 Å². The van der Waals surface area contributed by atoms with Crippen molar-refractivity contribution in [2.24, 2.45) is 0 Å². The molecular weight excluding hydrogens is 301 g/mol. The second-order valence-corrected chi connectivity index (χ2v) is 6.76. The van der Waals surface area contributed by atoms with Crippen LogP contribution in [0.15, 0.2) is 0 Å². The van der Waals surface area contributed by atoms with Gasteiger partial charge in [-0.15, -0.1) is 0 Å². The topological polar surface area (TPSA) is 83.5 Å². The molecule has 2 aliphatic heterocycles. The smallest absolute Gasteiger partial charge is 0.353 e. The summed E-state index contributed by atoms with van der Waals surface area (Å²) < 4.78 is 61.6. The van der Waals surface area contributed by atoms with E-state index >= 15 is 0 Å². The molecule has 2 aliphatic rings. The molecule has 10 heteroatoms. The average molecular weight is 318 g/mol. The zero-order valence-corrected chi connectivity index (χ0v) is 12.1. The lowest BCUT2D eigenvalue weighted by atomic mass is 10.1. The molecule has 0 amide bonds. The monoisotopic (exact) mass is 318 g/mol. The molecule has 0 aromatic rings. The van der Waals surface area contributed by atoms with Gasteiger partial charge in [0.15, 0.2) is 12.1 Å². The molecule has 7 nitrogen and oxygen atoms in total. The van der Waals surface area contributed by atoms with Gasteiger partial charge in [-0.1, -0.05) is 0 Å². The molecule has 2 fully saturated rings. The number of alkyl halides is 2. The Hall–Kier alpha value is -0.150. The van der Waals surface area contributed by atoms with E-state index in [4.69, 9.17) is 23.8 Å². The van der Waals surface area contributed by atoms with Crippen molar-refractivity contribution in [3.63, 3.8) is 0 Å². The van der Waals surface area contributed by atoms with Gasteiger partial charge in [-0.3, -0.25) is 4.57 Å². The summed E-state index contributed by atoms with van der Waals surface area (Å²) >= 11 is 0. The summed E-state index contributed by atoms with van der Waals surface area (Å²) in [7, 11) is -3.57. The molecule has 0 spiro atoms. The van der Waals surface area contributed by atoms with Crippen LogP contribution in [-0.4, -0.2) is 55.2 Å². The summed E-state index contributed by atoms with van der Waals surface area (Å²) in [5.41, 5.74) is 0. The van der Waals surface area contributed by atoms with Gasteiger partial charge in [-0.05, 0) is 13.8 Å². The van der Waals surface area contributed by atoms with Crippen LogP contribution < -0.4 is 0 Å². The van der Waals surface area contributed by atoms with Crippen LogP contribution in [0, 0.1) is 0 Å². The highest BCUT2D eigenvalue weighted by atomic mass is 31.2. The lowest BCUT2D eigenvalue weighted by Crippen LogP contribution is -2.32. The minimum atomic E-state index is -4.96. The number of hydrogen-bond donors (Lipinski definition) is 1. The van der Waals surface area contributed by atoms with Crippen molar-refractivity contribution < 1.29 is 41.7 Å². The molecule has 1 N–H and O–H groups in total. The second kappa shape index (κ2) is 5.57. The van der Waals surface area contributed by atoms with E-state index in [0.717, 1.165) is 0 Å². The number of rotatable bonds is 5. The van der Waals surface area contributed by atoms with Crippen LogP contribution in [0.1, 0.15) is 13.8 Å². The molecular formula is C10H17F2O7P. The molecule has 0 radical (unpaired) electrons. The second-order valence-electron chi connectivity index (χ2n) is 4.98. The first-order valence-electron chi connectivity index (χ1n) is 5.95. The third kappa shape index (κ3) is 3.19. The van der Waals surface area contributed by atoms with E-state index in [-0.39, 0.29) is 0 Å². The summed E-state index contributed by atoms with van der Waals surface area (Å²) in [6.45, 7) is 2.86. The molecule has 0 saturated carbocycles. The standard InChI is InChI=1S/C10H17F2O7P/c1-10(2)18-6-5(4-16-20(13,14)9(11)12)17-8(15-3)7(6)19-10/h5-9H,4H2,1-3H3,(H,13,14)/t5-,6-,7-,8-/m1/s1. The molecule has 0 bridgehead atoms. The highest BCUT2D eigenvalue weighted by Gasteiger charge is 2.56. The van der Waals surface area contributed by atoms with Crippen molar-refractivity contribution in [2.45, 2.75) is 50.4 Å². The molecule has 0 aromatic heterocycles.